The van der Waals surface area contributed by atoms with E-state index in [-0.39, 0.29) is 0 Å². The van der Waals surface area contributed by atoms with E-state index in [1.54, 1.807) is 0 Å². The Bertz CT molecular complexity index is 2890. The number of benzene rings is 9. The summed E-state index contributed by atoms with van der Waals surface area (Å²) in [5.41, 5.74) is 14.6. The molecule has 0 spiro atoms. The molecule has 0 saturated carbocycles. The fourth-order valence-electron chi connectivity index (χ4n) is 7.73. The van der Waals surface area contributed by atoms with Gasteiger partial charge in [-0.05, 0) is 92.9 Å². The fraction of sp³-hybridized carbons (Fsp3) is 0. The number of hydrogen-bond donors (Lipinski definition) is 0. The van der Waals surface area contributed by atoms with E-state index in [0.29, 0.717) is 0 Å². The first-order valence-corrected chi connectivity index (χ1v) is 18.4. The number of anilines is 3. The van der Waals surface area contributed by atoms with E-state index in [1.807, 2.05) is 12.1 Å². The first-order valence-electron chi connectivity index (χ1n) is 18.4. The zero-order valence-corrected chi connectivity index (χ0v) is 29.6. The van der Waals surface area contributed by atoms with Crippen molar-refractivity contribution in [1.29, 1.82) is 0 Å². The van der Waals surface area contributed by atoms with Crippen LogP contribution in [0, 0.1) is 0 Å². The van der Waals surface area contributed by atoms with Crippen molar-refractivity contribution in [2.75, 3.05) is 4.90 Å². The molecule has 0 aliphatic heterocycles. The van der Waals surface area contributed by atoms with Crippen LogP contribution in [0.5, 0.6) is 0 Å². The van der Waals surface area contributed by atoms with Gasteiger partial charge >= 0.3 is 0 Å². The third-order valence-corrected chi connectivity index (χ3v) is 10.5. The Balaban J connectivity index is 1.08. The summed E-state index contributed by atoms with van der Waals surface area (Å²) in [6.07, 6.45) is 0. The minimum atomic E-state index is 0.909. The molecule has 0 saturated heterocycles. The van der Waals surface area contributed by atoms with Gasteiger partial charge in [-0.15, -0.1) is 0 Å². The highest BCUT2D eigenvalue weighted by Gasteiger charge is 2.19. The maximum absolute atomic E-state index is 6.49. The molecule has 0 amide bonds. The summed E-state index contributed by atoms with van der Waals surface area (Å²) >= 11 is 0. The van der Waals surface area contributed by atoms with Gasteiger partial charge in [0.05, 0.1) is 5.69 Å². The first kappa shape index (κ1) is 31.6. The molecule has 254 valence electrons. The van der Waals surface area contributed by atoms with Crippen LogP contribution in [0.25, 0.3) is 77.2 Å². The van der Waals surface area contributed by atoms with E-state index < -0.39 is 0 Å². The van der Waals surface area contributed by atoms with Crippen molar-refractivity contribution in [3.63, 3.8) is 0 Å². The van der Waals surface area contributed by atoms with Crippen molar-refractivity contribution in [1.82, 2.24) is 0 Å². The predicted molar refractivity (Wildman–Crippen MR) is 228 cm³/mol. The normalized spacial score (nSPS) is 11.3. The van der Waals surface area contributed by atoms with Crippen LogP contribution < -0.4 is 4.90 Å². The van der Waals surface area contributed by atoms with E-state index in [0.717, 1.165) is 60.9 Å². The highest BCUT2D eigenvalue weighted by molar-refractivity contribution is 6.15. The molecule has 0 bridgehead atoms. The molecule has 0 atom stereocenters. The average Bonchev–Trinajstić information content (AvgIpc) is 3.64. The van der Waals surface area contributed by atoms with Crippen LogP contribution in [0.2, 0.25) is 0 Å². The van der Waals surface area contributed by atoms with Crippen LogP contribution in [0.15, 0.2) is 217 Å². The molecule has 2 nitrogen and oxygen atoms in total. The molecule has 0 radical (unpaired) electrons. The Morgan fingerprint density at radius 1 is 0.315 bits per heavy atom. The molecule has 0 unspecified atom stereocenters. The summed E-state index contributed by atoms with van der Waals surface area (Å²) in [5, 5.41) is 4.54. The molecule has 0 fully saturated rings. The highest BCUT2D eigenvalue weighted by Crippen LogP contribution is 2.43. The second kappa shape index (κ2) is 13.4. The number of nitrogens with zero attached hydrogens (tertiary/aromatic N) is 1. The molecule has 2 heteroatoms. The van der Waals surface area contributed by atoms with Crippen molar-refractivity contribution < 1.29 is 4.42 Å². The van der Waals surface area contributed by atoms with Gasteiger partial charge in [-0.25, -0.2) is 0 Å². The maximum atomic E-state index is 6.49. The number of fused-ring (bicyclic) bond motifs is 5. The van der Waals surface area contributed by atoms with Gasteiger partial charge in [-0.2, -0.15) is 0 Å². The van der Waals surface area contributed by atoms with Gasteiger partial charge in [-0.3, -0.25) is 0 Å². The zero-order valence-electron chi connectivity index (χ0n) is 29.6. The zero-order chi connectivity index (χ0) is 35.8. The van der Waals surface area contributed by atoms with Gasteiger partial charge in [0.1, 0.15) is 11.2 Å². The van der Waals surface area contributed by atoms with Gasteiger partial charge in [0.15, 0.2) is 0 Å². The molecule has 0 aliphatic carbocycles. The fourth-order valence-corrected chi connectivity index (χ4v) is 7.73. The van der Waals surface area contributed by atoms with Crippen molar-refractivity contribution in [2.45, 2.75) is 0 Å². The molecule has 10 aromatic rings. The number of hydrogen-bond acceptors (Lipinski definition) is 2. The van der Waals surface area contributed by atoms with E-state index in [2.05, 4.69) is 205 Å². The molecule has 9 aromatic carbocycles. The molecular formula is C52H35NO. The van der Waals surface area contributed by atoms with Crippen molar-refractivity contribution >= 4 is 49.8 Å². The maximum Gasteiger partial charge on any atom is 0.143 e. The largest absolute Gasteiger partial charge is 0.455 e. The van der Waals surface area contributed by atoms with Crippen molar-refractivity contribution in [3.8, 4) is 44.5 Å². The summed E-state index contributed by atoms with van der Waals surface area (Å²) in [6.45, 7) is 0. The molecule has 54 heavy (non-hydrogen) atoms. The first-order chi connectivity index (χ1) is 26.8. The van der Waals surface area contributed by atoms with Crippen LogP contribution in [-0.4, -0.2) is 0 Å². The molecule has 0 N–H and O–H groups in total. The number of rotatable bonds is 7. The lowest BCUT2D eigenvalue weighted by atomic mass is 9.97. The predicted octanol–water partition coefficient (Wildman–Crippen LogP) is 14.9. The Labute approximate surface area is 314 Å². The SMILES string of the molecule is c1ccc(-c2ccc(-c3ccc(N(c4ccc(-c5ccccc5)cc4)c4ccccc4-c4ccc5ccc6c7ccccc7oc6c5c4)cc3)cc2)cc1. The van der Waals surface area contributed by atoms with Gasteiger partial charge < -0.3 is 9.32 Å². The van der Waals surface area contributed by atoms with E-state index in [9.17, 15) is 0 Å². The Kier molecular flexibility index (Phi) is 7.85. The van der Waals surface area contributed by atoms with Crippen LogP contribution in [0.3, 0.4) is 0 Å². The van der Waals surface area contributed by atoms with Crippen LogP contribution in [0.4, 0.5) is 17.1 Å². The number of para-hydroxylation sites is 2. The summed E-state index contributed by atoms with van der Waals surface area (Å²) in [6, 6.07) is 75.9. The summed E-state index contributed by atoms with van der Waals surface area (Å²) < 4.78 is 6.49. The third kappa shape index (κ3) is 5.71. The molecule has 1 aromatic heterocycles. The lowest BCUT2D eigenvalue weighted by Crippen LogP contribution is -2.11. The van der Waals surface area contributed by atoms with E-state index >= 15 is 0 Å². The van der Waals surface area contributed by atoms with Crippen LogP contribution >= 0.6 is 0 Å². The van der Waals surface area contributed by atoms with Crippen LogP contribution in [0.1, 0.15) is 0 Å². The Morgan fingerprint density at radius 3 is 1.39 bits per heavy atom. The van der Waals surface area contributed by atoms with Gasteiger partial charge in [-0.1, -0.05) is 164 Å². The van der Waals surface area contributed by atoms with Gasteiger partial charge in [0.2, 0.25) is 0 Å². The smallest absolute Gasteiger partial charge is 0.143 e. The monoisotopic (exact) mass is 689 g/mol. The summed E-state index contributed by atoms with van der Waals surface area (Å²) in [7, 11) is 0. The topological polar surface area (TPSA) is 16.4 Å². The Morgan fingerprint density at radius 2 is 0.778 bits per heavy atom. The van der Waals surface area contributed by atoms with Crippen LogP contribution in [-0.2, 0) is 0 Å². The standard InChI is InChI=1S/C52H35NO/c1-3-11-36(12-4-1)38-19-21-39(22-20-38)41-27-32-45(33-28-41)53(44-30-25-40(26-31-44)37-13-5-2-6-14-37)50-17-9-7-15-46(50)43-24-23-42-29-34-48-47-16-8-10-18-51(47)54-52(48)49(42)35-43/h1-35H. The highest BCUT2D eigenvalue weighted by atomic mass is 16.3. The summed E-state index contributed by atoms with van der Waals surface area (Å²) in [5.74, 6) is 0. The minimum absolute atomic E-state index is 0.909. The lowest BCUT2D eigenvalue weighted by Gasteiger charge is -2.28. The molecule has 0 aliphatic rings. The van der Waals surface area contributed by atoms with Crippen molar-refractivity contribution in [3.05, 3.63) is 212 Å². The second-order valence-corrected chi connectivity index (χ2v) is 13.7. The average molecular weight is 690 g/mol. The quantitative estimate of drug-likeness (QED) is 0.166. The van der Waals surface area contributed by atoms with Crippen molar-refractivity contribution in [2.24, 2.45) is 0 Å². The second-order valence-electron chi connectivity index (χ2n) is 13.7. The van der Waals surface area contributed by atoms with E-state index in [4.69, 9.17) is 4.42 Å². The third-order valence-electron chi connectivity index (χ3n) is 10.5. The molecular weight excluding hydrogens is 655 g/mol. The lowest BCUT2D eigenvalue weighted by molar-refractivity contribution is 0.672. The minimum Gasteiger partial charge on any atom is -0.455 e. The Hall–Kier alpha value is -7.16. The van der Waals surface area contributed by atoms with Gasteiger partial charge in [0, 0.05) is 33.1 Å². The van der Waals surface area contributed by atoms with Gasteiger partial charge in [0.25, 0.3) is 0 Å². The van der Waals surface area contributed by atoms with E-state index in [1.165, 1.54) is 33.4 Å². The molecule has 1 heterocycles. The molecule has 10 rings (SSSR count). The number of furan rings is 1. The summed E-state index contributed by atoms with van der Waals surface area (Å²) in [4.78, 5) is 2.37.